The molecule has 0 atom stereocenters. The van der Waals surface area contributed by atoms with E-state index in [9.17, 15) is 9.18 Å². The summed E-state index contributed by atoms with van der Waals surface area (Å²) in [5.74, 6) is 1.05. The molecular weight excluding hydrogens is 319 g/mol. The minimum absolute atomic E-state index is 0.272. The molecule has 0 radical (unpaired) electrons. The first-order chi connectivity index (χ1) is 12.0. The summed E-state index contributed by atoms with van der Waals surface area (Å²) in [6.45, 7) is 9.78. The molecule has 1 saturated heterocycles. The SMILES string of the molecule is CCNC(=NCCNC(=O)c1ccc(C)c(F)c1)N1CCC(C)CC1. The van der Waals surface area contributed by atoms with Crippen LogP contribution < -0.4 is 10.6 Å². The van der Waals surface area contributed by atoms with Gasteiger partial charge in [0.1, 0.15) is 5.82 Å². The Morgan fingerprint density at radius 1 is 1.32 bits per heavy atom. The molecule has 2 rings (SSSR count). The van der Waals surface area contributed by atoms with Crippen molar-refractivity contribution in [3.63, 3.8) is 0 Å². The van der Waals surface area contributed by atoms with Gasteiger partial charge in [-0.05, 0) is 50.3 Å². The second-order valence-corrected chi connectivity index (χ2v) is 6.63. The molecule has 2 N–H and O–H groups in total. The number of carbonyl (C=O) groups excluding carboxylic acids is 1. The number of nitrogens with one attached hydrogen (secondary N) is 2. The van der Waals surface area contributed by atoms with Gasteiger partial charge in [-0.15, -0.1) is 0 Å². The molecule has 1 aliphatic rings. The maximum atomic E-state index is 13.5. The molecule has 0 aliphatic carbocycles. The average molecular weight is 348 g/mol. The van der Waals surface area contributed by atoms with Gasteiger partial charge in [0.15, 0.2) is 5.96 Å². The first kappa shape index (κ1) is 19.2. The molecule has 0 bridgehead atoms. The van der Waals surface area contributed by atoms with Crippen LogP contribution in [0.2, 0.25) is 0 Å². The van der Waals surface area contributed by atoms with E-state index in [0.717, 1.165) is 31.5 Å². The van der Waals surface area contributed by atoms with Crippen molar-refractivity contribution in [1.82, 2.24) is 15.5 Å². The van der Waals surface area contributed by atoms with Gasteiger partial charge in [0.05, 0.1) is 6.54 Å². The normalized spacial score (nSPS) is 16.0. The van der Waals surface area contributed by atoms with Crippen LogP contribution in [-0.2, 0) is 0 Å². The Balaban J connectivity index is 1.84. The van der Waals surface area contributed by atoms with E-state index in [1.165, 1.54) is 18.9 Å². The smallest absolute Gasteiger partial charge is 0.251 e. The molecule has 1 heterocycles. The fourth-order valence-corrected chi connectivity index (χ4v) is 2.81. The first-order valence-corrected chi connectivity index (χ1v) is 9.09. The minimum atomic E-state index is -0.362. The zero-order valence-corrected chi connectivity index (χ0v) is 15.4. The highest BCUT2D eigenvalue weighted by Crippen LogP contribution is 2.15. The molecule has 25 heavy (non-hydrogen) atoms. The molecular formula is C19H29FN4O. The van der Waals surface area contributed by atoms with Crippen molar-refractivity contribution in [1.29, 1.82) is 0 Å². The number of carbonyl (C=O) groups is 1. The molecule has 6 heteroatoms. The number of rotatable bonds is 5. The first-order valence-electron chi connectivity index (χ1n) is 9.09. The Bertz CT molecular complexity index is 609. The van der Waals surface area contributed by atoms with Crippen molar-refractivity contribution in [2.45, 2.75) is 33.6 Å². The van der Waals surface area contributed by atoms with Crippen molar-refractivity contribution in [2.75, 3.05) is 32.7 Å². The fraction of sp³-hybridized carbons (Fsp3) is 0.579. The van der Waals surface area contributed by atoms with Crippen molar-refractivity contribution in [3.8, 4) is 0 Å². The van der Waals surface area contributed by atoms with Gasteiger partial charge in [-0.25, -0.2) is 4.39 Å². The summed E-state index contributed by atoms with van der Waals surface area (Å²) in [7, 11) is 0. The number of benzene rings is 1. The summed E-state index contributed by atoms with van der Waals surface area (Å²) in [5.41, 5.74) is 0.872. The maximum absolute atomic E-state index is 13.5. The molecule has 138 valence electrons. The lowest BCUT2D eigenvalue weighted by atomic mass is 10.00. The molecule has 0 aromatic heterocycles. The number of likely N-dealkylation sites (tertiary alicyclic amines) is 1. The van der Waals surface area contributed by atoms with Gasteiger partial charge in [-0.2, -0.15) is 0 Å². The van der Waals surface area contributed by atoms with Crippen LogP contribution in [0.15, 0.2) is 23.2 Å². The summed E-state index contributed by atoms with van der Waals surface area (Å²) >= 11 is 0. The Morgan fingerprint density at radius 3 is 2.68 bits per heavy atom. The zero-order chi connectivity index (χ0) is 18.2. The quantitative estimate of drug-likeness (QED) is 0.488. The van der Waals surface area contributed by atoms with Crippen molar-refractivity contribution in [3.05, 3.63) is 35.1 Å². The Labute approximate surface area is 149 Å². The van der Waals surface area contributed by atoms with E-state index in [0.29, 0.717) is 24.2 Å². The maximum Gasteiger partial charge on any atom is 0.251 e. The number of hydrogen-bond acceptors (Lipinski definition) is 2. The lowest BCUT2D eigenvalue weighted by Crippen LogP contribution is -2.45. The van der Waals surface area contributed by atoms with Gasteiger partial charge in [0.25, 0.3) is 5.91 Å². The fourth-order valence-electron chi connectivity index (χ4n) is 2.81. The second-order valence-electron chi connectivity index (χ2n) is 6.63. The predicted molar refractivity (Wildman–Crippen MR) is 99.4 cm³/mol. The number of amides is 1. The third kappa shape index (κ3) is 5.73. The molecule has 0 saturated carbocycles. The summed E-state index contributed by atoms with van der Waals surface area (Å²) in [6, 6.07) is 4.52. The number of piperidine rings is 1. The molecule has 1 amide bonds. The van der Waals surface area contributed by atoms with Crippen molar-refractivity contribution in [2.24, 2.45) is 10.9 Å². The van der Waals surface area contributed by atoms with Gasteiger partial charge in [-0.3, -0.25) is 9.79 Å². The van der Waals surface area contributed by atoms with E-state index in [1.54, 1.807) is 19.1 Å². The van der Waals surface area contributed by atoms with Gasteiger partial charge in [-0.1, -0.05) is 13.0 Å². The number of aliphatic imine (C=N–C) groups is 1. The largest absolute Gasteiger partial charge is 0.357 e. The monoisotopic (exact) mass is 348 g/mol. The Morgan fingerprint density at radius 2 is 2.04 bits per heavy atom. The van der Waals surface area contributed by atoms with Gasteiger partial charge in [0, 0.05) is 31.7 Å². The molecule has 1 aliphatic heterocycles. The highest BCUT2D eigenvalue weighted by molar-refractivity contribution is 5.94. The third-order valence-electron chi connectivity index (χ3n) is 4.51. The number of aryl methyl sites for hydroxylation is 1. The molecule has 1 fully saturated rings. The van der Waals surface area contributed by atoms with E-state index in [-0.39, 0.29) is 11.7 Å². The summed E-state index contributed by atoms with van der Waals surface area (Å²) in [5, 5.41) is 6.11. The highest BCUT2D eigenvalue weighted by atomic mass is 19.1. The number of hydrogen-bond donors (Lipinski definition) is 2. The van der Waals surface area contributed by atoms with Crippen molar-refractivity contribution < 1.29 is 9.18 Å². The van der Waals surface area contributed by atoms with Crippen LogP contribution in [0.25, 0.3) is 0 Å². The van der Waals surface area contributed by atoms with E-state index < -0.39 is 0 Å². The molecule has 0 spiro atoms. The van der Waals surface area contributed by atoms with Gasteiger partial charge < -0.3 is 15.5 Å². The second kappa shape index (κ2) is 9.39. The van der Waals surface area contributed by atoms with Crippen LogP contribution in [0.3, 0.4) is 0 Å². The zero-order valence-electron chi connectivity index (χ0n) is 15.4. The van der Waals surface area contributed by atoms with Crippen LogP contribution >= 0.6 is 0 Å². The minimum Gasteiger partial charge on any atom is -0.357 e. The summed E-state index contributed by atoms with van der Waals surface area (Å²) in [4.78, 5) is 18.9. The Hall–Kier alpha value is -2.11. The molecule has 5 nitrogen and oxygen atoms in total. The Kier molecular flexibility index (Phi) is 7.22. The van der Waals surface area contributed by atoms with Crippen LogP contribution in [0, 0.1) is 18.7 Å². The lowest BCUT2D eigenvalue weighted by molar-refractivity contribution is 0.0954. The van der Waals surface area contributed by atoms with Crippen LogP contribution in [0.1, 0.15) is 42.6 Å². The van der Waals surface area contributed by atoms with E-state index in [2.05, 4.69) is 34.4 Å². The van der Waals surface area contributed by atoms with E-state index >= 15 is 0 Å². The number of guanidine groups is 1. The van der Waals surface area contributed by atoms with Crippen LogP contribution in [0.5, 0.6) is 0 Å². The van der Waals surface area contributed by atoms with Crippen LogP contribution in [0.4, 0.5) is 4.39 Å². The van der Waals surface area contributed by atoms with Gasteiger partial charge in [0.2, 0.25) is 0 Å². The average Bonchev–Trinajstić information content (AvgIpc) is 2.60. The lowest BCUT2D eigenvalue weighted by Gasteiger charge is -2.33. The van der Waals surface area contributed by atoms with E-state index in [1.807, 2.05) is 0 Å². The summed E-state index contributed by atoms with van der Waals surface area (Å²) < 4.78 is 13.5. The van der Waals surface area contributed by atoms with Crippen molar-refractivity contribution >= 4 is 11.9 Å². The number of nitrogens with zero attached hydrogens (tertiary/aromatic N) is 2. The standard InChI is InChI=1S/C19H29FN4O/c1-4-21-19(24-11-7-14(2)8-12-24)23-10-9-22-18(25)16-6-5-15(3)17(20)13-16/h5-6,13-14H,4,7-12H2,1-3H3,(H,21,23)(H,22,25). The summed E-state index contributed by atoms with van der Waals surface area (Å²) in [6.07, 6.45) is 2.36. The van der Waals surface area contributed by atoms with Crippen LogP contribution in [-0.4, -0.2) is 49.5 Å². The highest BCUT2D eigenvalue weighted by Gasteiger charge is 2.18. The molecule has 1 aromatic rings. The molecule has 1 aromatic carbocycles. The van der Waals surface area contributed by atoms with E-state index in [4.69, 9.17) is 0 Å². The predicted octanol–water partition coefficient (Wildman–Crippen LogP) is 2.56. The topological polar surface area (TPSA) is 56.7 Å². The number of halogens is 1. The molecule has 0 unspecified atom stereocenters. The van der Waals surface area contributed by atoms with Gasteiger partial charge >= 0.3 is 0 Å². The third-order valence-corrected chi connectivity index (χ3v) is 4.51.